The van der Waals surface area contributed by atoms with Crippen molar-refractivity contribution in [1.29, 1.82) is 0 Å². The minimum absolute atomic E-state index is 0.0277. The van der Waals surface area contributed by atoms with E-state index < -0.39 is 0 Å². The molecule has 1 aliphatic carbocycles. The van der Waals surface area contributed by atoms with Crippen molar-refractivity contribution in [2.75, 3.05) is 13.7 Å². The fraction of sp³-hybridized carbons (Fsp3) is 0.350. The molecule has 1 aliphatic rings. The van der Waals surface area contributed by atoms with Gasteiger partial charge in [0.2, 0.25) is 0 Å². The first-order valence-electron chi connectivity index (χ1n) is 8.48. The largest absolute Gasteiger partial charge is 0.493 e. The van der Waals surface area contributed by atoms with Crippen molar-refractivity contribution in [3.8, 4) is 11.5 Å². The van der Waals surface area contributed by atoms with Gasteiger partial charge in [-0.05, 0) is 48.6 Å². The summed E-state index contributed by atoms with van der Waals surface area (Å²) in [4.78, 5) is 12.4. The number of hydrogen-bond acceptors (Lipinski definition) is 3. The highest BCUT2D eigenvalue weighted by atomic mass is 79.9. The van der Waals surface area contributed by atoms with E-state index in [-0.39, 0.29) is 18.6 Å². The van der Waals surface area contributed by atoms with Gasteiger partial charge in [0.05, 0.1) is 13.2 Å². The maximum atomic E-state index is 12.4. The standard InChI is InChI=1S/C20H22BrNO3/c1-24-17-7-2-3-8-18(17)25-13-19(23)22-20(14-5-4-6-14)15-9-11-16(21)12-10-15/h2-3,7-12,14,20H,4-6,13H2,1H3,(H,22,23). The van der Waals surface area contributed by atoms with Crippen molar-refractivity contribution in [1.82, 2.24) is 5.32 Å². The van der Waals surface area contributed by atoms with Crippen LogP contribution in [0, 0.1) is 5.92 Å². The third-order valence-electron chi connectivity index (χ3n) is 4.59. The van der Waals surface area contributed by atoms with Gasteiger partial charge in [-0.15, -0.1) is 0 Å². The van der Waals surface area contributed by atoms with Crippen LogP contribution in [0.5, 0.6) is 11.5 Å². The van der Waals surface area contributed by atoms with Crippen LogP contribution >= 0.6 is 15.9 Å². The SMILES string of the molecule is COc1ccccc1OCC(=O)NC(c1ccc(Br)cc1)C1CCC1. The Bertz CT molecular complexity index is 713. The molecule has 0 spiro atoms. The number of carbonyl (C=O) groups excluding carboxylic acids is 1. The summed E-state index contributed by atoms with van der Waals surface area (Å²) in [5.41, 5.74) is 1.14. The second-order valence-electron chi connectivity index (χ2n) is 6.23. The molecule has 0 saturated heterocycles. The molecule has 5 heteroatoms. The first-order valence-corrected chi connectivity index (χ1v) is 9.27. The fourth-order valence-electron chi connectivity index (χ4n) is 3.01. The van der Waals surface area contributed by atoms with Crippen LogP contribution in [0.3, 0.4) is 0 Å². The van der Waals surface area contributed by atoms with Crippen LogP contribution in [0.25, 0.3) is 0 Å². The topological polar surface area (TPSA) is 47.6 Å². The molecule has 0 bridgehead atoms. The second-order valence-corrected chi connectivity index (χ2v) is 7.14. The fourth-order valence-corrected chi connectivity index (χ4v) is 3.28. The molecule has 1 unspecified atom stereocenters. The lowest BCUT2D eigenvalue weighted by Crippen LogP contribution is -2.38. The average molecular weight is 404 g/mol. The molecular weight excluding hydrogens is 382 g/mol. The van der Waals surface area contributed by atoms with Crippen LogP contribution in [0.2, 0.25) is 0 Å². The molecule has 1 saturated carbocycles. The van der Waals surface area contributed by atoms with Crippen LogP contribution < -0.4 is 14.8 Å². The first-order chi connectivity index (χ1) is 12.2. The Morgan fingerprint density at radius 2 is 1.84 bits per heavy atom. The van der Waals surface area contributed by atoms with Crippen LogP contribution in [-0.4, -0.2) is 19.6 Å². The molecule has 0 aromatic heterocycles. The van der Waals surface area contributed by atoms with Crippen LogP contribution in [-0.2, 0) is 4.79 Å². The van der Waals surface area contributed by atoms with E-state index >= 15 is 0 Å². The monoisotopic (exact) mass is 403 g/mol. The summed E-state index contributed by atoms with van der Waals surface area (Å²) in [7, 11) is 1.59. The number of para-hydroxylation sites is 2. The Kier molecular flexibility index (Phi) is 5.97. The number of benzene rings is 2. The number of nitrogens with one attached hydrogen (secondary N) is 1. The zero-order chi connectivity index (χ0) is 17.6. The van der Waals surface area contributed by atoms with E-state index in [0.717, 1.165) is 22.9 Å². The Labute approximate surface area is 156 Å². The number of amides is 1. The maximum absolute atomic E-state index is 12.4. The Hall–Kier alpha value is -2.01. The van der Waals surface area contributed by atoms with Gasteiger partial charge in [-0.2, -0.15) is 0 Å². The summed E-state index contributed by atoms with van der Waals surface area (Å²) in [6, 6.07) is 15.5. The predicted molar refractivity (Wildman–Crippen MR) is 101 cm³/mol. The summed E-state index contributed by atoms with van der Waals surface area (Å²) in [5.74, 6) is 1.57. The van der Waals surface area contributed by atoms with Crippen molar-refractivity contribution >= 4 is 21.8 Å². The third-order valence-corrected chi connectivity index (χ3v) is 5.12. The highest BCUT2D eigenvalue weighted by Gasteiger charge is 2.29. The molecule has 1 N–H and O–H groups in total. The highest BCUT2D eigenvalue weighted by Crippen LogP contribution is 2.38. The van der Waals surface area contributed by atoms with E-state index in [1.165, 1.54) is 6.42 Å². The van der Waals surface area contributed by atoms with Gasteiger partial charge in [0.15, 0.2) is 18.1 Å². The number of halogens is 1. The predicted octanol–water partition coefficient (Wildman–Crippen LogP) is 4.49. The summed E-state index contributed by atoms with van der Waals surface area (Å²) in [5, 5.41) is 3.14. The summed E-state index contributed by atoms with van der Waals surface area (Å²) in [6.07, 6.45) is 3.52. The van der Waals surface area contributed by atoms with E-state index in [9.17, 15) is 4.79 Å². The minimum Gasteiger partial charge on any atom is -0.493 e. The van der Waals surface area contributed by atoms with E-state index in [1.807, 2.05) is 30.3 Å². The summed E-state index contributed by atoms with van der Waals surface area (Å²) in [6.45, 7) is -0.0277. The lowest BCUT2D eigenvalue weighted by Gasteiger charge is -2.34. The number of methoxy groups -OCH3 is 1. The Morgan fingerprint density at radius 3 is 2.44 bits per heavy atom. The molecule has 2 aromatic carbocycles. The zero-order valence-corrected chi connectivity index (χ0v) is 15.8. The lowest BCUT2D eigenvalue weighted by molar-refractivity contribution is -0.124. The van der Waals surface area contributed by atoms with Gasteiger partial charge in [0.25, 0.3) is 5.91 Å². The van der Waals surface area contributed by atoms with E-state index in [4.69, 9.17) is 9.47 Å². The van der Waals surface area contributed by atoms with Gasteiger partial charge in [0, 0.05) is 4.47 Å². The van der Waals surface area contributed by atoms with Gasteiger partial charge >= 0.3 is 0 Å². The van der Waals surface area contributed by atoms with Gasteiger partial charge in [-0.1, -0.05) is 46.6 Å². The molecule has 0 aliphatic heterocycles. The quantitative estimate of drug-likeness (QED) is 0.740. The van der Waals surface area contributed by atoms with Crippen molar-refractivity contribution in [2.24, 2.45) is 5.92 Å². The van der Waals surface area contributed by atoms with Gasteiger partial charge in [-0.3, -0.25) is 4.79 Å². The second kappa shape index (κ2) is 8.39. The van der Waals surface area contributed by atoms with Crippen molar-refractivity contribution in [3.05, 3.63) is 58.6 Å². The van der Waals surface area contributed by atoms with E-state index in [2.05, 4.69) is 33.4 Å². The molecule has 1 amide bonds. The van der Waals surface area contributed by atoms with Crippen LogP contribution in [0.15, 0.2) is 53.0 Å². The Balaban J connectivity index is 1.63. The Morgan fingerprint density at radius 1 is 1.16 bits per heavy atom. The highest BCUT2D eigenvalue weighted by molar-refractivity contribution is 9.10. The molecule has 25 heavy (non-hydrogen) atoms. The molecule has 0 heterocycles. The molecule has 4 nitrogen and oxygen atoms in total. The van der Waals surface area contributed by atoms with Crippen molar-refractivity contribution in [3.63, 3.8) is 0 Å². The number of rotatable bonds is 7. The summed E-state index contributed by atoms with van der Waals surface area (Å²) < 4.78 is 11.9. The maximum Gasteiger partial charge on any atom is 0.258 e. The number of hydrogen-bond donors (Lipinski definition) is 1. The molecule has 3 rings (SSSR count). The smallest absolute Gasteiger partial charge is 0.258 e. The molecule has 0 radical (unpaired) electrons. The average Bonchev–Trinajstić information content (AvgIpc) is 2.59. The van der Waals surface area contributed by atoms with E-state index in [0.29, 0.717) is 17.4 Å². The molecular formula is C20H22BrNO3. The lowest BCUT2D eigenvalue weighted by atomic mass is 9.77. The normalized spacial score (nSPS) is 15.1. The van der Waals surface area contributed by atoms with Gasteiger partial charge in [-0.25, -0.2) is 0 Å². The minimum atomic E-state index is -0.120. The van der Waals surface area contributed by atoms with Crippen molar-refractivity contribution < 1.29 is 14.3 Å². The van der Waals surface area contributed by atoms with E-state index in [1.54, 1.807) is 13.2 Å². The number of ether oxygens (including phenoxy) is 2. The third kappa shape index (κ3) is 4.54. The van der Waals surface area contributed by atoms with Crippen LogP contribution in [0.4, 0.5) is 0 Å². The van der Waals surface area contributed by atoms with Gasteiger partial charge in [0.1, 0.15) is 0 Å². The molecule has 1 fully saturated rings. The van der Waals surface area contributed by atoms with Crippen LogP contribution in [0.1, 0.15) is 30.9 Å². The molecule has 132 valence electrons. The molecule has 2 aromatic rings. The molecule has 1 atom stereocenters. The van der Waals surface area contributed by atoms with Crippen molar-refractivity contribution in [2.45, 2.75) is 25.3 Å². The number of carbonyl (C=O) groups is 1. The summed E-state index contributed by atoms with van der Waals surface area (Å²) >= 11 is 3.46. The van der Waals surface area contributed by atoms with Gasteiger partial charge < -0.3 is 14.8 Å². The first kappa shape index (κ1) is 17.8. The zero-order valence-electron chi connectivity index (χ0n) is 14.2.